The number of ether oxygens (including phenoxy) is 3. The molecule has 2 aromatic rings. The van der Waals surface area contributed by atoms with Gasteiger partial charge in [0.2, 0.25) is 0 Å². The van der Waals surface area contributed by atoms with Gasteiger partial charge in [0.15, 0.2) is 0 Å². The predicted molar refractivity (Wildman–Crippen MR) is 80.4 cm³/mol. The van der Waals surface area contributed by atoms with E-state index in [0.717, 1.165) is 11.1 Å². The Kier molecular flexibility index (Phi) is 4.48. The van der Waals surface area contributed by atoms with Crippen molar-refractivity contribution in [3.63, 3.8) is 0 Å². The molecule has 0 saturated carbocycles. The van der Waals surface area contributed by atoms with Crippen LogP contribution >= 0.6 is 0 Å². The van der Waals surface area contributed by atoms with Gasteiger partial charge in [-0.15, -0.1) is 0 Å². The summed E-state index contributed by atoms with van der Waals surface area (Å²) in [5, 5.41) is 0. The number of carbonyl (C=O) groups excluding carboxylic acids is 1. The second-order valence-electron chi connectivity index (χ2n) is 4.68. The Balaban J connectivity index is 2.36. The van der Waals surface area contributed by atoms with Crippen molar-refractivity contribution in [3.05, 3.63) is 53.1 Å². The molecule has 0 aliphatic carbocycles. The van der Waals surface area contributed by atoms with E-state index in [4.69, 9.17) is 14.2 Å². The van der Waals surface area contributed by atoms with Crippen LogP contribution in [0, 0.1) is 13.8 Å². The van der Waals surface area contributed by atoms with E-state index in [1.165, 1.54) is 7.11 Å². The highest BCUT2D eigenvalue weighted by molar-refractivity contribution is 5.94. The van der Waals surface area contributed by atoms with E-state index in [1.54, 1.807) is 25.3 Å². The SMILES string of the molecule is COc1ccc(OC)c(C(=O)Oc2c(C)cccc2C)c1. The molecule has 0 aliphatic heterocycles. The van der Waals surface area contributed by atoms with Crippen LogP contribution in [-0.2, 0) is 0 Å². The zero-order chi connectivity index (χ0) is 15.4. The zero-order valence-electron chi connectivity index (χ0n) is 12.6. The quantitative estimate of drug-likeness (QED) is 0.637. The number of methoxy groups -OCH3 is 2. The molecular weight excluding hydrogens is 268 g/mol. The van der Waals surface area contributed by atoms with E-state index in [0.29, 0.717) is 22.8 Å². The van der Waals surface area contributed by atoms with Gasteiger partial charge in [-0.3, -0.25) is 0 Å². The first-order valence-electron chi connectivity index (χ1n) is 6.57. The molecule has 2 rings (SSSR count). The van der Waals surface area contributed by atoms with E-state index in [1.807, 2.05) is 32.0 Å². The molecule has 0 amide bonds. The first-order valence-corrected chi connectivity index (χ1v) is 6.57. The smallest absolute Gasteiger partial charge is 0.347 e. The lowest BCUT2D eigenvalue weighted by atomic mass is 10.1. The van der Waals surface area contributed by atoms with Gasteiger partial charge in [0.25, 0.3) is 0 Å². The van der Waals surface area contributed by atoms with Crippen LogP contribution in [0.5, 0.6) is 17.2 Å². The molecule has 0 heterocycles. The van der Waals surface area contributed by atoms with Crippen molar-refractivity contribution in [2.75, 3.05) is 14.2 Å². The van der Waals surface area contributed by atoms with Gasteiger partial charge < -0.3 is 14.2 Å². The summed E-state index contributed by atoms with van der Waals surface area (Å²) in [7, 11) is 3.06. The number of para-hydroxylation sites is 1. The highest BCUT2D eigenvalue weighted by Gasteiger charge is 2.17. The van der Waals surface area contributed by atoms with Crippen LogP contribution in [0.3, 0.4) is 0 Å². The number of esters is 1. The average Bonchev–Trinajstić information content (AvgIpc) is 2.50. The highest BCUT2D eigenvalue weighted by atomic mass is 16.5. The number of hydrogen-bond acceptors (Lipinski definition) is 4. The van der Waals surface area contributed by atoms with Gasteiger partial charge in [-0.1, -0.05) is 18.2 Å². The first-order chi connectivity index (χ1) is 10.1. The lowest BCUT2D eigenvalue weighted by molar-refractivity contribution is 0.0728. The van der Waals surface area contributed by atoms with Crippen molar-refractivity contribution in [2.24, 2.45) is 0 Å². The molecule has 2 aromatic carbocycles. The summed E-state index contributed by atoms with van der Waals surface area (Å²) in [6.07, 6.45) is 0. The van der Waals surface area contributed by atoms with E-state index < -0.39 is 5.97 Å². The third kappa shape index (κ3) is 3.16. The lowest BCUT2D eigenvalue weighted by Gasteiger charge is -2.13. The van der Waals surface area contributed by atoms with Gasteiger partial charge in [0.05, 0.1) is 14.2 Å². The molecule has 0 unspecified atom stereocenters. The Hall–Kier alpha value is -2.49. The molecule has 0 fully saturated rings. The molecule has 0 spiro atoms. The fraction of sp³-hybridized carbons (Fsp3) is 0.235. The fourth-order valence-electron chi connectivity index (χ4n) is 2.08. The van der Waals surface area contributed by atoms with Crippen LogP contribution in [0.4, 0.5) is 0 Å². The minimum Gasteiger partial charge on any atom is -0.497 e. The molecule has 0 aromatic heterocycles. The first kappa shape index (κ1) is 14.9. The Morgan fingerprint density at radius 1 is 0.952 bits per heavy atom. The van der Waals surface area contributed by atoms with Gasteiger partial charge in [0.1, 0.15) is 22.8 Å². The third-order valence-corrected chi connectivity index (χ3v) is 3.23. The van der Waals surface area contributed by atoms with E-state index >= 15 is 0 Å². The topological polar surface area (TPSA) is 44.8 Å². The second-order valence-corrected chi connectivity index (χ2v) is 4.68. The molecule has 4 nitrogen and oxygen atoms in total. The maximum Gasteiger partial charge on any atom is 0.347 e. The van der Waals surface area contributed by atoms with E-state index in [9.17, 15) is 4.79 Å². The lowest BCUT2D eigenvalue weighted by Crippen LogP contribution is -2.12. The molecule has 0 bridgehead atoms. The molecule has 21 heavy (non-hydrogen) atoms. The fourth-order valence-corrected chi connectivity index (χ4v) is 2.08. The summed E-state index contributed by atoms with van der Waals surface area (Å²) in [5.74, 6) is 1.13. The Morgan fingerprint density at radius 2 is 1.62 bits per heavy atom. The molecule has 0 saturated heterocycles. The largest absolute Gasteiger partial charge is 0.497 e. The Labute approximate surface area is 124 Å². The van der Waals surface area contributed by atoms with Crippen molar-refractivity contribution >= 4 is 5.97 Å². The predicted octanol–water partition coefficient (Wildman–Crippen LogP) is 3.54. The maximum atomic E-state index is 12.4. The summed E-state index contributed by atoms with van der Waals surface area (Å²) in [4.78, 5) is 12.4. The monoisotopic (exact) mass is 286 g/mol. The van der Waals surface area contributed by atoms with Gasteiger partial charge >= 0.3 is 5.97 Å². The van der Waals surface area contributed by atoms with Gasteiger partial charge in [-0.25, -0.2) is 4.79 Å². The molecule has 4 heteroatoms. The molecule has 0 radical (unpaired) electrons. The van der Waals surface area contributed by atoms with Gasteiger partial charge in [-0.2, -0.15) is 0 Å². The van der Waals surface area contributed by atoms with Crippen LogP contribution in [0.1, 0.15) is 21.5 Å². The van der Waals surface area contributed by atoms with Crippen LogP contribution < -0.4 is 14.2 Å². The van der Waals surface area contributed by atoms with Crippen LogP contribution in [-0.4, -0.2) is 20.2 Å². The summed E-state index contributed by atoms with van der Waals surface area (Å²) in [6.45, 7) is 3.80. The van der Waals surface area contributed by atoms with Gasteiger partial charge in [0, 0.05) is 0 Å². The van der Waals surface area contributed by atoms with Gasteiger partial charge in [-0.05, 0) is 43.2 Å². The van der Waals surface area contributed by atoms with Crippen LogP contribution in [0.2, 0.25) is 0 Å². The zero-order valence-corrected chi connectivity index (χ0v) is 12.6. The Morgan fingerprint density at radius 3 is 2.19 bits per heavy atom. The van der Waals surface area contributed by atoms with Crippen molar-refractivity contribution in [1.29, 1.82) is 0 Å². The average molecular weight is 286 g/mol. The molecule has 0 aliphatic rings. The van der Waals surface area contributed by atoms with Crippen LogP contribution in [0.15, 0.2) is 36.4 Å². The molecule has 0 atom stereocenters. The van der Waals surface area contributed by atoms with E-state index in [2.05, 4.69) is 0 Å². The summed E-state index contributed by atoms with van der Waals surface area (Å²) in [5.41, 5.74) is 2.15. The summed E-state index contributed by atoms with van der Waals surface area (Å²) >= 11 is 0. The summed E-state index contributed by atoms with van der Waals surface area (Å²) in [6, 6.07) is 10.7. The van der Waals surface area contributed by atoms with Crippen molar-refractivity contribution in [2.45, 2.75) is 13.8 Å². The third-order valence-electron chi connectivity index (χ3n) is 3.23. The minimum atomic E-state index is -0.469. The minimum absolute atomic E-state index is 0.333. The molecule has 0 N–H and O–H groups in total. The number of aryl methyl sites for hydroxylation is 2. The van der Waals surface area contributed by atoms with Crippen molar-refractivity contribution in [1.82, 2.24) is 0 Å². The van der Waals surface area contributed by atoms with Crippen LogP contribution in [0.25, 0.3) is 0 Å². The normalized spacial score (nSPS) is 10.1. The highest BCUT2D eigenvalue weighted by Crippen LogP contribution is 2.28. The van der Waals surface area contributed by atoms with Crippen molar-refractivity contribution in [3.8, 4) is 17.2 Å². The maximum absolute atomic E-state index is 12.4. The number of benzene rings is 2. The molecular formula is C17H18O4. The number of hydrogen-bond donors (Lipinski definition) is 0. The number of rotatable bonds is 4. The Bertz CT molecular complexity index is 642. The standard InChI is InChI=1S/C17H18O4/c1-11-6-5-7-12(2)16(11)21-17(18)14-10-13(19-3)8-9-15(14)20-4/h5-10H,1-4H3. The van der Waals surface area contributed by atoms with E-state index in [-0.39, 0.29) is 0 Å². The number of carbonyl (C=O) groups is 1. The molecule has 110 valence electrons. The second kappa shape index (κ2) is 6.31. The van der Waals surface area contributed by atoms with Crippen molar-refractivity contribution < 1.29 is 19.0 Å². The summed E-state index contributed by atoms with van der Waals surface area (Å²) < 4.78 is 15.9.